The van der Waals surface area contributed by atoms with Gasteiger partial charge in [0.2, 0.25) is 0 Å². The van der Waals surface area contributed by atoms with E-state index in [0.29, 0.717) is 6.54 Å². The van der Waals surface area contributed by atoms with Crippen LogP contribution in [0.4, 0.5) is 11.4 Å². The number of aryl methyl sites for hydroxylation is 2. The predicted octanol–water partition coefficient (Wildman–Crippen LogP) is 3.03. The van der Waals surface area contributed by atoms with Crippen LogP contribution in [-0.4, -0.2) is 10.1 Å². The predicted molar refractivity (Wildman–Crippen MR) is 79.5 cm³/mol. The van der Waals surface area contributed by atoms with Crippen molar-refractivity contribution in [1.29, 1.82) is 0 Å². The summed E-state index contributed by atoms with van der Waals surface area (Å²) in [5.74, 6) is 0.832. The van der Waals surface area contributed by atoms with E-state index < -0.39 is 0 Å². The van der Waals surface area contributed by atoms with E-state index >= 15 is 0 Å². The van der Waals surface area contributed by atoms with Gasteiger partial charge in [-0.05, 0) is 26.0 Å². The molecule has 3 N–H and O–H groups in total. The molecule has 0 aliphatic carbocycles. The highest BCUT2D eigenvalue weighted by molar-refractivity contribution is 5.98. The molecule has 0 fully saturated rings. The quantitative estimate of drug-likeness (QED) is 0.714. The third-order valence-corrected chi connectivity index (χ3v) is 3.50. The van der Waals surface area contributed by atoms with Gasteiger partial charge in [0.15, 0.2) is 0 Å². The van der Waals surface area contributed by atoms with Gasteiger partial charge >= 0.3 is 0 Å². The number of hydrogen-bond acceptors (Lipinski definition) is 5. The summed E-state index contributed by atoms with van der Waals surface area (Å²) in [6, 6.07) is 5.90. The molecule has 1 aromatic carbocycles. The van der Waals surface area contributed by atoms with Crippen molar-refractivity contribution in [3.8, 4) is 0 Å². The fourth-order valence-electron chi connectivity index (χ4n) is 2.28. The fourth-order valence-corrected chi connectivity index (χ4v) is 2.28. The van der Waals surface area contributed by atoms with Crippen LogP contribution in [0.1, 0.15) is 17.0 Å². The third-order valence-electron chi connectivity index (χ3n) is 3.50. The van der Waals surface area contributed by atoms with Crippen molar-refractivity contribution in [3.05, 3.63) is 47.6 Å². The lowest BCUT2D eigenvalue weighted by molar-refractivity contribution is 0.392. The number of rotatable bonds is 3. The molecular weight excluding hydrogens is 252 g/mol. The Morgan fingerprint density at radius 1 is 1.25 bits per heavy atom. The average Bonchev–Trinajstić information content (AvgIpc) is 2.78. The molecule has 2 heterocycles. The average molecular weight is 268 g/mol. The number of benzene rings is 1. The zero-order valence-electron chi connectivity index (χ0n) is 11.5. The summed E-state index contributed by atoms with van der Waals surface area (Å²) in [4.78, 5) is 4.10. The summed E-state index contributed by atoms with van der Waals surface area (Å²) < 4.78 is 5.15. The summed E-state index contributed by atoms with van der Waals surface area (Å²) >= 11 is 0. The summed E-state index contributed by atoms with van der Waals surface area (Å²) in [7, 11) is 0. The molecule has 102 valence electrons. The normalized spacial score (nSPS) is 10.9. The van der Waals surface area contributed by atoms with E-state index in [1.54, 1.807) is 6.20 Å². The van der Waals surface area contributed by atoms with E-state index in [2.05, 4.69) is 15.5 Å². The van der Waals surface area contributed by atoms with Crippen molar-refractivity contribution in [2.75, 3.05) is 11.1 Å². The van der Waals surface area contributed by atoms with Crippen molar-refractivity contribution in [3.63, 3.8) is 0 Å². The topological polar surface area (TPSA) is 77.0 Å². The number of pyridine rings is 1. The Labute approximate surface area is 116 Å². The van der Waals surface area contributed by atoms with Crippen LogP contribution >= 0.6 is 0 Å². The fraction of sp³-hybridized carbons (Fsp3) is 0.200. The standard InChI is InChI=1S/C15H16N4O/c1-9-13(10(2)20-19-9)8-18-14-4-3-11-7-17-6-5-12(11)15(14)16/h3-7,18H,8,16H2,1-2H3. The summed E-state index contributed by atoms with van der Waals surface area (Å²) in [5, 5.41) is 9.33. The summed E-state index contributed by atoms with van der Waals surface area (Å²) in [6.45, 7) is 4.48. The number of aromatic nitrogens is 2. The van der Waals surface area contributed by atoms with Crippen molar-refractivity contribution in [2.24, 2.45) is 0 Å². The lowest BCUT2D eigenvalue weighted by atomic mass is 10.1. The molecule has 0 spiro atoms. The molecule has 5 heteroatoms. The Morgan fingerprint density at radius 2 is 2.10 bits per heavy atom. The number of nitrogens with one attached hydrogen (secondary N) is 1. The van der Waals surface area contributed by atoms with Crippen molar-refractivity contribution in [2.45, 2.75) is 20.4 Å². The molecule has 0 amide bonds. The number of nitrogen functional groups attached to an aromatic ring is 1. The first-order chi connectivity index (χ1) is 9.66. The van der Waals surface area contributed by atoms with Gasteiger partial charge < -0.3 is 15.6 Å². The first-order valence-corrected chi connectivity index (χ1v) is 6.44. The van der Waals surface area contributed by atoms with E-state index in [1.165, 1.54) is 0 Å². The van der Waals surface area contributed by atoms with Crippen LogP contribution in [0.2, 0.25) is 0 Å². The second-order valence-corrected chi connectivity index (χ2v) is 4.78. The van der Waals surface area contributed by atoms with Gasteiger partial charge in [0.25, 0.3) is 0 Å². The lowest BCUT2D eigenvalue weighted by Gasteiger charge is -2.11. The lowest BCUT2D eigenvalue weighted by Crippen LogP contribution is -2.04. The van der Waals surface area contributed by atoms with Crippen LogP contribution in [-0.2, 0) is 6.54 Å². The molecule has 20 heavy (non-hydrogen) atoms. The molecule has 0 aliphatic rings. The molecule has 0 saturated heterocycles. The van der Waals surface area contributed by atoms with Gasteiger partial charge in [-0.2, -0.15) is 0 Å². The van der Waals surface area contributed by atoms with Crippen molar-refractivity contribution < 1.29 is 4.52 Å². The largest absolute Gasteiger partial charge is 0.397 e. The Morgan fingerprint density at radius 3 is 2.85 bits per heavy atom. The smallest absolute Gasteiger partial charge is 0.138 e. The number of anilines is 2. The number of fused-ring (bicyclic) bond motifs is 1. The van der Waals surface area contributed by atoms with Crippen LogP contribution in [0, 0.1) is 13.8 Å². The first kappa shape index (κ1) is 12.5. The zero-order chi connectivity index (χ0) is 14.1. The second-order valence-electron chi connectivity index (χ2n) is 4.78. The monoisotopic (exact) mass is 268 g/mol. The Bertz CT molecular complexity index is 744. The molecule has 3 aromatic rings. The molecule has 0 atom stereocenters. The van der Waals surface area contributed by atoms with E-state index in [-0.39, 0.29) is 0 Å². The van der Waals surface area contributed by atoms with Crippen molar-refractivity contribution >= 4 is 22.1 Å². The maximum Gasteiger partial charge on any atom is 0.138 e. The minimum Gasteiger partial charge on any atom is -0.397 e. The molecule has 0 saturated carbocycles. The second kappa shape index (κ2) is 4.85. The van der Waals surface area contributed by atoms with Crippen LogP contribution in [0.15, 0.2) is 35.1 Å². The number of hydrogen-bond donors (Lipinski definition) is 2. The molecule has 0 unspecified atom stereocenters. The van der Waals surface area contributed by atoms with E-state index in [9.17, 15) is 0 Å². The van der Waals surface area contributed by atoms with Gasteiger partial charge in [0, 0.05) is 35.3 Å². The van der Waals surface area contributed by atoms with Gasteiger partial charge in [-0.3, -0.25) is 4.98 Å². The number of nitrogens with two attached hydrogens (primary N) is 1. The van der Waals surface area contributed by atoms with Gasteiger partial charge in [0.1, 0.15) is 5.76 Å². The van der Waals surface area contributed by atoms with Crippen LogP contribution < -0.4 is 11.1 Å². The van der Waals surface area contributed by atoms with Crippen molar-refractivity contribution in [1.82, 2.24) is 10.1 Å². The Kier molecular flexibility index (Phi) is 3.02. The van der Waals surface area contributed by atoms with Gasteiger partial charge in [0.05, 0.1) is 17.1 Å². The molecule has 0 bridgehead atoms. The SMILES string of the molecule is Cc1noc(C)c1CNc1ccc2cnccc2c1N. The highest BCUT2D eigenvalue weighted by atomic mass is 16.5. The highest BCUT2D eigenvalue weighted by Gasteiger charge is 2.10. The zero-order valence-corrected chi connectivity index (χ0v) is 11.5. The van der Waals surface area contributed by atoms with Gasteiger partial charge in [-0.25, -0.2) is 0 Å². The third kappa shape index (κ3) is 2.07. The molecule has 0 aliphatic heterocycles. The number of nitrogens with zero attached hydrogens (tertiary/aromatic N) is 2. The first-order valence-electron chi connectivity index (χ1n) is 6.44. The Hall–Kier alpha value is -2.56. The molecular formula is C15H16N4O. The Balaban J connectivity index is 1.90. The molecule has 0 radical (unpaired) electrons. The maximum atomic E-state index is 6.21. The van der Waals surface area contributed by atoms with E-state index in [0.717, 1.165) is 39.2 Å². The molecule has 3 rings (SSSR count). The van der Waals surface area contributed by atoms with E-state index in [4.69, 9.17) is 10.3 Å². The summed E-state index contributed by atoms with van der Waals surface area (Å²) in [6.07, 6.45) is 3.56. The van der Waals surface area contributed by atoms with Crippen LogP contribution in [0.25, 0.3) is 10.8 Å². The van der Waals surface area contributed by atoms with Gasteiger partial charge in [-0.1, -0.05) is 11.2 Å². The minimum absolute atomic E-state index is 0.641. The van der Waals surface area contributed by atoms with Crippen LogP contribution in [0.5, 0.6) is 0 Å². The van der Waals surface area contributed by atoms with Crippen LogP contribution in [0.3, 0.4) is 0 Å². The molecule has 2 aromatic heterocycles. The van der Waals surface area contributed by atoms with Gasteiger partial charge in [-0.15, -0.1) is 0 Å². The molecule has 5 nitrogen and oxygen atoms in total. The maximum absolute atomic E-state index is 6.21. The highest BCUT2D eigenvalue weighted by Crippen LogP contribution is 2.28. The van der Waals surface area contributed by atoms with E-state index in [1.807, 2.05) is 38.2 Å². The summed E-state index contributed by atoms with van der Waals surface area (Å²) in [5.41, 5.74) is 9.81. The minimum atomic E-state index is 0.641.